The number of anilines is 1. The molecule has 8 nitrogen and oxygen atoms in total. The van der Waals surface area contributed by atoms with Crippen LogP contribution in [0.15, 0.2) is 53.8 Å². The third kappa shape index (κ3) is 3.32. The monoisotopic (exact) mass is 389 g/mol. The first-order valence-corrected chi connectivity index (χ1v) is 8.75. The maximum Gasteiger partial charge on any atom is 0.274 e. The van der Waals surface area contributed by atoms with Gasteiger partial charge in [-0.15, -0.1) is 0 Å². The highest BCUT2D eigenvalue weighted by Gasteiger charge is 2.35. The van der Waals surface area contributed by atoms with E-state index >= 15 is 0 Å². The van der Waals surface area contributed by atoms with Crippen LogP contribution in [-0.4, -0.2) is 26.3 Å². The van der Waals surface area contributed by atoms with Crippen LogP contribution in [0.3, 0.4) is 0 Å². The first kappa shape index (κ1) is 18.3. The second-order valence-corrected chi connectivity index (χ2v) is 6.82. The van der Waals surface area contributed by atoms with E-state index in [-0.39, 0.29) is 22.8 Å². The molecule has 29 heavy (non-hydrogen) atoms. The van der Waals surface area contributed by atoms with Crippen LogP contribution in [0, 0.1) is 17.1 Å². The van der Waals surface area contributed by atoms with Crippen molar-refractivity contribution in [1.29, 1.82) is 5.26 Å². The topological polar surface area (TPSA) is 122 Å². The first-order chi connectivity index (χ1) is 13.9. The van der Waals surface area contributed by atoms with Crippen molar-refractivity contribution in [3.63, 3.8) is 0 Å². The largest absolute Gasteiger partial charge is 0.381 e. The summed E-state index contributed by atoms with van der Waals surface area (Å²) in [5, 5.41) is 11.6. The van der Waals surface area contributed by atoms with E-state index in [9.17, 15) is 9.18 Å². The molecule has 9 heteroatoms. The maximum absolute atomic E-state index is 14.7. The summed E-state index contributed by atoms with van der Waals surface area (Å²) in [6.45, 7) is 2.12. The number of hydrogen-bond donors (Lipinski definition) is 2. The normalized spacial score (nSPS) is 17.8. The van der Waals surface area contributed by atoms with E-state index in [4.69, 9.17) is 11.0 Å². The van der Waals surface area contributed by atoms with Gasteiger partial charge in [0.05, 0.1) is 6.54 Å². The average molecular weight is 389 g/mol. The number of benzene rings is 1. The molecular weight excluding hydrogens is 373 g/mol. The fourth-order valence-corrected chi connectivity index (χ4v) is 3.33. The molecule has 1 atom stereocenters. The molecule has 0 radical (unpaired) electrons. The number of fused-ring (bicyclic) bond motifs is 1. The Morgan fingerprint density at radius 1 is 1.38 bits per heavy atom. The van der Waals surface area contributed by atoms with Gasteiger partial charge in [-0.2, -0.15) is 5.26 Å². The van der Waals surface area contributed by atoms with Gasteiger partial charge in [0, 0.05) is 23.6 Å². The molecule has 1 amide bonds. The number of halogens is 1. The lowest BCUT2D eigenvalue weighted by Gasteiger charge is -2.31. The Bertz CT molecular complexity index is 1190. The lowest BCUT2D eigenvalue weighted by atomic mass is 9.90. The van der Waals surface area contributed by atoms with Gasteiger partial charge in [0.1, 0.15) is 28.8 Å². The van der Waals surface area contributed by atoms with Crippen LogP contribution < -0.4 is 11.1 Å². The summed E-state index contributed by atoms with van der Waals surface area (Å²) in [6, 6.07) is 10.7. The lowest BCUT2D eigenvalue weighted by molar-refractivity contribution is 0.102. The minimum absolute atomic E-state index is 0.0872. The number of nitriles is 1. The van der Waals surface area contributed by atoms with Gasteiger partial charge in [-0.1, -0.05) is 6.07 Å². The molecule has 3 N–H and O–H groups in total. The van der Waals surface area contributed by atoms with E-state index < -0.39 is 17.3 Å². The number of carbonyl (C=O) groups is 1. The zero-order valence-electron chi connectivity index (χ0n) is 15.4. The first-order valence-electron chi connectivity index (χ1n) is 8.75. The van der Waals surface area contributed by atoms with E-state index in [2.05, 4.69) is 20.3 Å². The van der Waals surface area contributed by atoms with Crippen molar-refractivity contribution in [2.45, 2.75) is 19.0 Å². The Kier molecular flexibility index (Phi) is 4.31. The van der Waals surface area contributed by atoms with Crippen LogP contribution in [0.2, 0.25) is 0 Å². The number of rotatable bonds is 3. The molecule has 1 aliphatic heterocycles. The van der Waals surface area contributed by atoms with Gasteiger partial charge in [0.25, 0.3) is 5.91 Å². The summed E-state index contributed by atoms with van der Waals surface area (Å²) in [7, 11) is 0. The van der Waals surface area contributed by atoms with E-state index in [0.717, 1.165) is 0 Å². The zero-order chi connectivity index (χ0) is 20.6. The predicted molar refractivity (Wildman–Crippen MR) is 104 cm³/mol. The number of imidazole rings is 1. The van der Waals surface area contributed by atoms with Gasteiger partial charge in [-0.25, -0.2) is 14.4 Å². The van der Waals surface area contributed by atoms with Gasteiger partial charge >= 0.3 is 0 Å². The number of amidine groups is 1. The minimum Gasteiger partial charge on any atom is -0.381 e. The fourth-order valence-electron chi connectivity index (χ4n) is 3.33. The number of nitrogens with zero attached hydrogens (tertiary/aromatic N) is 5. The Morgan fingerprint density at radius 3 is 3.00 bits per heavy atom. The number of aliphatic imine (C=N–C) groups is 1. The van der Waals surface area contributed by atoms with Crippen LogP contribution in [0.5, 0.6) is 0 Å². The molecule has 144 valence electrons. The summed E-state index contributed by atoms with van der Waals surface area (Å²) in [6.07, 6.45) is 3.37. The quantitative estimate of drug-likeness (QED) is 0.711. The lowest BCUT2D eigenvalue weighted by Crippen LogP contribution is -2.37. The molecule has 3 heterocycles. The van der Waals surface area contributed by atoms with E-state index in [1.54, 1.807) is 25.4 Å². The summed E-state index contributed by atoms with van der Waals surface area (Å²) in [5.74, 6) is -0.213. The summed E-state index contributed by atoms with van der Waals surface area (Å²) in [4.78, 5) is 25.1. The van der Waals surface area contributed by atoms with E-state index in [0.29, 0.717) is 18.1 Å². The van der Waals surface area contributed by atoms with Crippen molar-refractivity contribution in [3.05, 3.63) is 77.4 Å². The SMILES string of the molecule is CC1(c2cc(NC(=O)c3cccc(C#N)n3)ccc2F)Cn2ccnc2C(N)=N1. The number of nitrogens with two attached hydrogens (primary N) is 1. The molecule has 0 spiro atoms. The predicted octanol–water partition coefficient (Wildman–Crippen LogP) is 2.18. The number of aromatic nitrogens is 3. The van der Waals surface area contributed by atoms with Gasteiger partial charge in [-0.3, -0.25) is 9.79 Å². The summed E-state index contributed by atoms with van der Waals surface area (Å²) < 4.78 is 16.5. The highest BCUT2D eigenvalue weighted by molar-refractivity contribution is 6.03. The second kappa shape index (κ2) is 6.83. The highest BCUT2D eigenvalue weighted by atomic mass is 19.1. The van der Waals surface area contributed by atoms with Gasteiger partial charge < -0.3 is 15.6 Å². The van der Waals surface area contributed by atoms with Crippen molar-refractivity contribution in [2.75, 3.05) is 5.32 Å². The van der Waals surface area contributed by atoms with Crippen LogP contribution in [0.25, 0.3) is 0 Å². The van der Waals surface area contributed by atoms with Gasteiger partial charge in [-0.05, 0) is 37.3 Å². The second-order valence-electron chi connectivity index (χ2n) is 6.82. The number of pyridine rings is 1. The molecule has 4 rings (SSSR count). The van der Waals surface area contributed by atoms with Crippen LogP contribution in [0.4, 0.5) is 10.1 Å². The van der Waals surface area contributed by atoms with Crippen molar-refractivity contribution in [1.82, 2.24) is 14.5 Å². The average Bonchev–Trinajstić information content (AvgIpc) is 3.18. The molecule has 0 bridgehead atoms. The standard InChI is InChI=1S/C20H16FN7O/c1-20(11-28-8-7-24-18(28)17(23)27-20)14-9-12(5-6-15(14)21)26-19(29)16-4-2-3-13(10-22)25-16/h2-9H,11H2,1H3,(H2,23,27)(H,26,29). The Labute approximate surface area is 165 Å². The molecule has 2 aromatic heterocycles. The van der Waals surface area contributed by atoms with Gasteiger partial charge in [0.2, 0.25) is 0 Å². The molecule has 0 saturated heterocycles. The highest BCUT2D eigenvalue weighted by Crippen LogP contribution is 2.34. The zero-order valence-corrected chi connectivity index (χ0v) is 15.4. The Morgan fingerprint density at radius 2 is 2.21 bits per heavy atom. The number of amides is 1. The third-order valence-corrected chi connectivity index (χ3v) is 4.69. The van der Waals surface area contributed by atoms with Gasteiger partial charge in [0.15, 0.2) is 11.7 Å². The molecule has 1 unspecified atom stereocenters. The number of nitrogens with one attached hydrogen (secondary N) is 1. The fraction of sp³-hybridized carbons (Fsp3) is 0.150. The van der Waals surface area contributed by atoms with E-state index in [1.165, 1.54) is 30.3 Å². The molecule has 0 fully saturated rings. The smallest absolute Gasteiger partial charge is 0.274 e. The molecule has 1 aliphatic rings. The third-order valence-electron chi connectivity index (χ3n) is 4.69. The van der Waals surface area contributed by atoms with Crippen molar-refractivity contribution in [3.8, 4) is 6.07 Å². The molecule has 0 saturated carbocycles. The molecule has 1 aromatic carbocycles. The summed E-state index contributed by atoms with van der Waals surface area (Å²) in [5.41, 5.74) is 5.93. The Hall–Kier alpha value is -4.06. The molecule has 0 aliphatic carbocycles. The van der Waals surface area contributed by atoms with E-state index in [1.807, 2.05) is 10.6 Å². The van der Waals surface area contributed by atoms with Crippen molar-refractivity contribution in [2.24, 2.45) is 10.7 Å². The summed E-state index contributed by atoms with van der Waals surface area (Å²) >= 11 is 0. The number of hydrogen-bond acceptors (Lipinski definition) is 6. The Balaban J connectivity index is 1.66. The molecule has 3 aromatic rings. The number of carbonyl (C=O) groups excluding carboxylic acids is 1. The van der Waals surface area contributed by atoms with Crippen LogP contribution in [0.1, 0.15) is 34.5 Å². The van der Waals surface area contributed by atoms with Crippen LogP contribution in [-0.2, 0) is 12.1 Å². The minimum atomic E-state index is -0.971. The van der Waals surface area contributed by atoms with Crippen molar-refractivity contribution < 1.29 is 9.18 Å². The molecular formula is C20H16FN7O. The van der Waals surface area contributed by atoms with Crippen molar-refractivity contribution >= 4 is 17.4 Å². The van der Waals surface area contributed by atoms with Crippen LogP contribution >= 0.6 is 0 Å². The maximum atomic E-state index is 14.7.